The molecule has 0 atom stereocenters. The van der Waals surface area contributed by atoms with Crippen LogP contribution in [-0.2, 0) is 9.53 Å². The molecule has 0 bridgehead atoms. The number of thioether (sulfide) groups is 1. The highest BCUT2D eigenvalue weighted by Crippen LogP contribution is 2.40. The molecule has 1 heterocycles. The van der Waals surface area contributed by atoms with Crippen LogP contribution in [0.1, 0.15) is 22.8 Å². The molecule has 5 nitrogen and oxygen atoms in total. The molecular weight excluding hydrogens is 338 g/mol. The molecule has 1 aliphatic heterocycles. The second-order valence-corrected chi connectivity index (χ2v) is 6.35. The first-order valence-electron chi connectivity index (χ1n) is 7.77. The maximum Gasteiger partial charge on any atom is 0.337 e. The summed E-state index contributed by atoms with van der Waals surface area (Å²) in [4.78, 5) is 25.3. The van der Waals surface area contributed by atoms with Gasteiger partial charge in [-0.3, -0.25) is 4.79 Å². The fourth-order valence-electron chi connectivity index (χ4n) is 2.38. The highest BCUT2D eigenvalue weighted by Gasteiger charge is 2.21. The third-order valence-corrected chi connectivity index (χ3v) is 4.67. The average Bonchev–Trinajstić information content (AvgIpc) is 2.63. The van der Waals surface area contributed by atoms with Crippen LogP contribution >= 0.6 is 11.8 Å². The summed E-state index contributed by atoms with van der Waals surface area (Å²) in [5.41, 5.74) is 2.07. The molecule has 0 saturated heterocycles. The lowest BCUT2D eigenvalue weighted by molar-refractivity contribution is -0.112. The lowest BCUT2D eigenvalue weighted by Gasteiger charge is -2.19. The molecular formula is C19H17NO4S. The van der Waals surface area contributed by atoms with E-state index in [0.717, 1.165) is 21.9 Å². The van der Waals surface area contributed by atoms with E-state index in [1.165, 1.54) is 18.9 Å². The van der Waals surface area contributed by atoms with Crippen molar-refractivity contribution in [2.24, 2.45) is 0 Å². The van der Waals surface area contributed by atoms with Gasteiger partial charge in [0.2, 0.25) is 0 Å². The summed E-state index contributed by atoms with van der Waals surface area (Å²) in [6.45, 7) is 2.52. The van der Waals surface area contributed by atoms with Gasteiger partial charge in [-0.25, -0.2) is 4.79 Å². The number of methoxy groups -OCH3 is 1. The SMILES string of the molecule is CCOc1ccc2c(c1)S/C(=C\c1ccc(C(=O)OC)cc1)C(=O)N2. The van der Waals surface area contributed by atoms with Gasteiger partial charge in [0.05, 0.1) is 29.9 Å². The first kappa shape index (κ1) is 17.1. The lowest BCUT2D eigenvalue weighted by Crippen LogP contribution is -2.17. The van der Waals surface area contributed by atoms with Crippen molar-refractivity contribution in [3.8, 4) is 5.75 Å². The normalized spacial score (nSPS) is 14.6. The number of carbonyl (C=O) groups is 2. The summed E-state index contributed by atoms with van der Waals surface area (Å²) in [6, 6.07) is 12.5. The molecule has 1 N–H and O–H groups in total. The topological polar surface area (TPSA) is 64.6 Å². The smallest absolute Gasteiger partial charge is 0.337 e. The minimum absolute atomic E-state index is 0.154. The summed E-state index contributed by atoms with van der Waals surface area (Å²) in [5, 5.41) is 2.88. The Hall–Kier alpha value is -2.73. The van der Waals surface area contributed by atoms with E-state index in [-0.39, 0.29) is 11.9 Å². The van der Waals surface area contributed by atoms with E-state index in [0.29, 0.717) is 17.1 Å². The molecule has 1 aliphatic rings. The summed E-state index contributed by atoms with van der Waals surface area (Å²) < 4.78 is 10.2. The molecule has 25 heavy (non-hydrogen) atoms. The first-order valence-corrected chi connectivity index (χ1v) is 8.58. The third-order valence-electron chi connectivity index (χ3n) is 3.59. The monoisotopic (exact) mass is 355 g/mol. The van der Waals surface area contributed by atoms with Gasteiger partial charge in [-0.1, -0.05) is 23.9 Å². The van der Waals surface area contributed by atoms with Crippen molar-refractivity contribution < 1.29 is 19.1 Å². The maximum atomic E-state index is 12.3. The predicted molar refractivity (Wildman–Crippen MR) is 97.9 cm³/mol. The molecule has 0 unspecified atom stereocenters. The Morgan fingerprint density at radius 3 is 2.64 bits per heavy atom. The largest absolute Gasteiger partial charge is 0.494 e. The van der Waals surface area contributed by atoms with Crippen LogP contribution in [-0.4, -0.2) is 25.6 Å². The van der Waals surface area contributed by atoms with Crippen molar-refractivity contribution >= 4 is 35.4 Å². The van der Waals surface area contributed by atoms with E-state index in [9.17, 15) is 9.59 Å². The van der Waals surface area contributed by atoms with Crippen LogP contribution in [0.15, 0.2) is 52.3 Å². The second-order valence-electron chi connectivity index (χ2n) is 5.27. The third kappa shape index (κ3) is 3.85. The highest BCUT2D eigenvalue weighted by atomic mass is 32.2. The maximum absolute atomic E-state index is 12.3. The number of ether oxygens (including phenoxy) is 2. The number of fused-ring (bicyclic) bond motifs is 1. The lowest BCUT2D eigenvalue weighted by atomic mass is 10.1. The Balaban J connectivity index is 1.85. The Morgan fingerprint density at radius 2 is 1.96 bits per heavy atom. The van der Waals surface area contributed by atoms with Gasteiger partial charge >= 0.3 is 5.97 Å². The summed E-state index contributed by atoms with van der Waals surface area (Å²) in [6.07, 6.45) is 1.79. The van der Waals surface area contributed by atoms with Gasteiger partial charge in [-0.05, 0) is 48.9 Å². The fourth-order valence-corrected chi connectivity index (χ4v) is 3.35. The standard InChI is InChI=1S/C19H17NO4S/c1-3-24-14-8-9-15-16(11-14)25-17(18(21)20-15)10-12-4-6-13(7-5-12)19(22)23-2/h4-11H,3H2,1-2H3,(H,20,21)/b17-10-. The van der Waals surface area contributed by atoms with Crippen LogP contribution in [0.2, 0.25) is 0 Å². The van der Waals surface area contributed by atoms with Gasteiger partial charge in [0.1, 0.15) is 5.75 Å². The van der Waals surface area contributed by atoms with Crippen LogP contribution in [0.3, 0.4) is 0 Å². The van der Waals surface area contributed by atoms with Gasteiger partial charge in [0.25, 0.3) is 5.91 Å². The van der Waals surface area contributed by atoms with Crippen LogP contribution in [0, 0.1) is 0 Å². The van der Waals surface area contributed by atoms with Crippen molar-refractivity contribution in [2.75, 3.05) is 19.0 Å². The number of nitrogens with one attached hydrogen (secondary N) is 1. The summed E-state index contributed by atoms with van der Waals surface area (Å²) >= 11 is 1.39. The second kappa shape index (κ2) is 7.44. The highest BCUT2D eigenvalue weighted by molar-refractivity contribution is 8.04. The average molecular weight is 355 g/mol. The van der Waals surface area contributed by atoms with Crippen molar-refractivity contribution in [2.45, 2.75) is 11.8 Å². The van der Waals surface area contributed by atoms with Gasteiger partial charge in [-0.15, -0.1) is 0 Å². The van der Waals surface area contributed by atoms with Crippen molar-refractivity contribution in [3.05, 3.63) is 58.5 Å². The molecule has 2 aromatic rings. The van der Waals surface area contributed by atoms with Crippen LogP contribution in [0.4, 0.5) is 5.69 Å². The molecule has 3 rings (SSSR count). The number of anilines is 1. The van der Waals surface area contributed by atoms with Crippen LogP contribution < -0.4 is 10.1 Å². The molecule has 0 fully saturated rings. The number of esters is 1. The number of hydrogen-bond donors (Lipinski definition) is 1. The quantitative estimate of drug-likeness (QED) is 0.664. The van der Waals surface area contributed by atoms with Crippen LogP contribution in [0.5, 0.6) is 5.75 Å². The number of benzene rings is 2. The molecule has 0 aromatic heterocycles. The molecule has 128 valence electrons. The molecule has 0 aliphatic carbocycles. The van der Waals surface area contributed by atoms with Crippen molar-refractivity contribution in [3.63, 3.8) is 0 Å². The zero-order valence-corrected chi connectivity index (χ0v) is 14.7. The zero-order chi connectivity index (χ0) is 17.8. The van der Waals surface area contributed by atoms with E-state index < -0.39 is 0 Å². The molecule has 1 amide bonds. The fraction of sp³-hybridized carbons (Fsp3) is 0.158. The van der Waals surface area contributed by atoms with Gasteiger partial charge in [0.15, 0.2) is 0 Å². The summed E-state index contributed by atoms with van der Waals surface area (Å²) in [7, 11) is 1.34. The van der Waals surface area contributed by atoms with Crippen LogP contribution in [0.25, 0.3) is 6.08 Å². The Morgan fingerprint density at radius 1 is 1.20 bits per heavy atom. The summed E-state index contributed by atoms with van der Waals surface area (Å²) in [5.74, 6) is 0.228. The molecule has 0 radical (unpaired) electrons. The van der Waals surface area contributed by atoms with Gasteiger partial charge < -0.3 is 14.8 Å². The van der Waals surface area contributed by atoms with E-state index in [1.54, 1.807) is 30.3 Å². The molecule has 0 spiro atoms. The Labute approximate surface area is 150 Å². The van der Waals surface area contributed by atoms with E-state index in [4.69, 9.17) is 4.74 Å². The predicted octanol–water partition coefficient (Wildman–Crippen LogP) is 3.96. The molecule has 6 heteroatoms. The van der Waals surface area contributed by atoms with E-state index in [1.807, 2.05) is 25.1 Å². The Kier molecular flexibility index (Phi) is 5.09. The molecule has 0 saturated carbocycles. The first-order chi connectivity index (χ1) is 12.1. The van der Waals surface area contributed by atoms with Crippen molar-refractivity contribution in [1.82, 2.24) is 0 Å². The van der Waals surface area contributed by atoms with Gasteiger partial charge in [0, 0.05) is 4.90 Å². The van der Waals surface area contributed by atoms with Gasteiger partial charge in [-0.2, -0.15) is 0 Å². The minimum atomic E-state index is -0.388. The Bertz CT molecular complexity index is 843. The number of rotatable bonds is 4. The minimum Gasteiger partial charge on any atom is -0.494 e. The zero-order valence-electron chi connectivity index (χ0n) is 13.9. The van der Waals surface area contributed by atoms with Crippen molar-refractivity contribution in [1.29, 1.82) is 0 Å². The number of carbonyl (C=O) groups excluding carboxylic acids is 2. The van der Waals surface area contributed by atoms with E-state index >= 15 is 0 Å². The number of amides is 1. The van der Waals surface area contributed by atoms with E-state index in [2.05, 4.69) is 10.1 Å². The number of hydrogen-bond acceptors (Lipinski definition) is 5. The molecule has 2 aromatic carbocycles.